The number of hydrogen-bond acceptors (Lipinski definition) is 4. The average molecular weight is 403 g/mol. The molecule has 0 saturated carbocycles. The summed E-state index contributed by atoms with van der Waals surface area (Å²) in [6.07, 6.45) is 2.43. The Balaban J connectivity index is 0.00000300. The van der Waals surface area contributed by atoms with E-state index in [1.807, 2.05) is 0 Å². The second-order valence-electron chi connectivity index (χ2n) is 9.11. The molecular formula is C20H36F2N4O2. The molecule has 1 atom stereocenters. The molecule has 3 saturated heterocycles. The predicted octanol–water partition coefficient (Wildman–Crippen LogP) is 1.80. The van der Waals surface area contributed by atoms with Crippen molar-refractivity contribution in [3.63, 3.8) is 0 Å². The van der Waals surface area contributed by atoms with E-state index in [-0.39, 0.29) is 39.2 Å². The van der Waals surface area contributed by atoms with Crippen molar-refractivity contribution >= 4 is 11.8 Å². The molecule has 0 bridgehead atoms. The first-order valence-electron chi connectivity index (χ1n) is 10.6. The number of nitrogens with one attached hydrogen (secondary N) is 1. The minimum absolute atomic E-state index is 0. The number of rotatable bonds is 5. The molecule has 0 aromatic carbocycles. The molecular weight excluding hydrogens is 366 g/mol. The van der Waals surface area contributed by atoms with Crippen LogP contribution in [0.3, 0.4) is 0 Å². The van der Waals surface area contributed by atoms with Gasteiger partial charge >= 0.3 is 0 Å². The maximum atomic E-state index is 14.4. The molecule has 0 radical (unpaired) electrons. The lowest BCUT2D eigenvalue weighted by Gasteiger charge is -2.55. The molecule has 1 unspecified atom stereocenters. The first kappa shape index (κ1) is 21.4. The molecule has 3 heterocycles. The third kappa shape index (κ3) is 4.64. The van der Waals surface area contributed by atoms with E-state index in [9.17, 15) is 18.4 Å². The van der Waals surface area contributed by atoms with Gasteiger partial charge in [-0.2, -0.15) is 0 Å². The molecule has 3 fully saturated rings. The molecule has 3 rings (SSSR count). The van der Waals surface area contributed by atoms with Gasteiger partial charge < -0.3 is 10.2 Å². The zero-order valence-corrected chi connectivity index (χ0v) is 17.3. The predicted molar refractivity (Wildman–Crippen MR) is 105 cm³/mol. The second kappa shape index (κ2) is 8.22. The summed E-state index contributed by atoms with van der Waals surface area (Å²) in [5, 5.41) is 2.39. The topological polar surface area (TPSA) is 55.9 Å². The van der Waals surface area contributed by atoms with Gasteiger partial charge in [-0.1, -0.05) is 6.92 Å². The first-order valence-corrected chi connectivity index (χ1v) is 10.6. The summed E-state index contributed by atoms with van der Waals surface area (Å²) in [6, 6.07) is -0.599. The molecule has 0 aromatic rings. The number of carbonyl (C=O) groups is 2. The minimum atomic E-state index is -3.09. The van der Waals surface area contributed by atoms with Crippen LogP contribution >= 0.6 is 0 Å². The van der Waals surface area contributed by atoms with Gasteiger partial charge in [-0.3, -0.25) is 19.4 Å². The van der Waals surface area contributed by atoms with Crippen LogP contribution in [0.15, 0.2) is 0 Å². The van der Waals surface area contributed by atoms with E-state index < -0.39 is 18.5 Å². The van der Waals surface area contributed by atoms with E-state index in [4.69, 9.17) is 0 Å². The van der Waals surface area contributed by atoms with E-state index in [1.165, 1.54) is 4.90 Å². The maximum Gasteiger partial charge on any atom is 0.285 e. The third-order valence-corrected chi connectivity index (χ3v) is 6.69. The highest BCUT2D eigenvalue weighted by atomic mass is 19.3. The molecule has 0 aromatic heterocycles. The fraction of sp³-hybridized carbons (Fsp3) is 0.900. The summed E-state index contributed by atoms with van der Waals surface area (Å²) in [5.74, 6) is -3.69. The lowest BCUT2D eigenvalue weighted by molar-refractivity contribution is -0.149. The van der Waals surface area contributed by atoms with Crippen LogP contribution in [0, 0.1) is 5.41 Å². The van der Waals surface area contributed by atoms with Crippen molar-refractivity contribution in [3.8, 4) is 0 Å². The zero-order chi connectivity index (χ0) is 20.5. The monoisotopic (exact) mass is 402 g/mol. The number of likely N-dealkylation sites (tertiary alicyclic amines) is 3. The third-order valence-electron chi connectivity index (χ3n) is 6.69. The van der Waals surface area contributed by atoms with E-state index in [0.29, 0.717) is 11.5 Å². The highest BCUT2D eigenvalue weighted by Gasteiger charge is 2.48. The molecule has 162 valence electrons. The number of halogens is 2. The van der Waals surface area contributed by atoms with Gasteiger partial charge in [0.15, 0.2) is 0 Å². The van der Waals surface area contributed by atoms with Crippen molar-refractivity contribution in [2.45, 2.75) is 64.5 Å². The molecule has 6 nitrogen and oxygen atoms in total. The summed E-state index contributed by atoms with van der Waals surface area (Å²) >= 11 is 0. The number of piperidine rings is 2. The second-order valence-corrected chi connectivity index (χ2v) is 9.11. The van der Waals surface area contributed by atoms with Crippen molar-refractivity contribution in [3.05, 3.63) is 0 Å². The van der Waals surface area contributed by atoms with E-state index in [2.05, 4.69) is 29.0 Å². The van der Waals surface area contributed by atoms with Crippen molar-refractivity contribution in [2.24, 2.45) is 5.41 Å². The number of nitrogens with zero attached hydrogens (tertiary/aromatic N) is 3. The lowest BCUT2D eigenvalue weighted by atomic mass is 9.71. The van der Waals surface area contributed by atoms with Gasteiger partial charge in [0.25, 0.3) is 5.92 Å². The highest BCUT2D eigenvalue weighted by Crippen LogP contribution is 2.41. The number of alkyl halides is 2. The van der Waals surface area contributed by atoms with Gasteiger partial charge in [-0.05, 0) is 51.6 Å². The van der Waals surface area contributed by atoms with E-state index in [1.54, 1.807) is 6.92 Å². The van der Waals surface area contributed by atoms with Crippen molar-refractivity contribution in [1.29, 1.82) is 0 Å². The molecule has 8 heteroatoms. The molecule has 28 heavy (non-hydrogen) atoms. The number of carbonyl (C=O) groups excluding carboxylic acids is 2. The van der Waals surface area contributed by atoms with Crippen LogP contribution in [0.25, 0.3) is 0 Å². The Labute approximate surface area is 168 Å². The Hall–Kier alpha value is -1.28. The Bertz CT molecular complexity index is 589. The smallest absolute Gasteiger partial charge is 0.285 e. The molecule has 0 aliphatic carbocycles. The summed E-state index contributed by atoms with van der Waals surface area (Å²) in [6.45, 7) is 9.93. The van der Waals surface area contributed by atoms with E-state index >= 15 is 0 Å². The van der Waals surface area contributed by atoms with Gasteiger partial charge in [0.2, 0.25) is 11.8 Å². The Morgan fingerprint density at radius 1 is 1.14 bits per heavy atom. The van der Waals surface area contributed by atoms with Crippen LogP contribution in [0.4, 0.5) is 8.78 Å². The summed E-state index contributed by atoms with van der Waals surface area (Å²) in [7, 11) is 0. The van der Waals surface area contributed by atoms with E-state index in [0.717, 1.165) is 39.0 Å². The van der Waals surface area contributed by atoms with Crippen LogP contribution in [0.5, 0.6) is 0 Å². The fourth-order valence-electron chi connectivity index (χ4n) is 4.60. The Morgan fingerprint density at radius 3 is 2.32 bits per heavy atom. The highest BCUT2D eigenvalue weighted by molar-refractivity contribution is 5.79. The van der Waals surface area contributed by atoms with Crippen molar-refractivity contribution in [1.82, 2.24) is 20.0 Å². The Kier molecular flexibility index (Phi) is 6.29. The molecule has 3 aliphatic rings. The van der Waals surface area contributed by atoms with Crippen LogP contribution < -0.4 is 5.32 Å². The number of amides is 2. The lowest BCUT2D eigenvalue weighted by Crippen LogP contribution is -2.63. The van der Waals surface area contributed by atoms with Gasteiger partial charge in [0.05, 0.1) is 19.1 Å². The molecule has 1 spiro atoms. The summed E-state index contributed by atoms with van der Waals surface area (Å²) < 4.78 is 28.8. The van der Waals surface area contributed by atoms with Gasteiger partial charge in [0.1, 0.15) is 0 Å². The van der Waals surface area contributed by atoms with Crippen LogP contribution in [-0.4, -0.2) is 90.3 Å². The molecule has 2 amide bonds. The molecule has 1 N–H and O–H groups in total. The Morgan fingerprint density at radius 2 is 1.79 bits per heavy atom. The summed E-state index contributed by atoms with van der Waals surface area (Å²) in [4.78, 5) is 29.9. The quantitative estimate of drug-likeness (QED) is 0.762. The van der Waals surface area contributed by atoms with Crippen molar-refractivity contribution in [2.75, 3.05) is 45.8 Å². The largest absolute Gasteiger partial charge is 0.347 e. The zero-order valence-electron chi connectivity index (χ0n) is 17.3. The SMILES string of the molecule is CCC(=O)NC1CCN(C(=O)CN2CCC3(CC2)CN(C(C)C)C3)CC1(F)F.[HH]. The average Bonchev–Trinajstić information content (AvgIpc) is 2.61. The van der Waals surface area contributed by atoms with Gasteiger partial charge in [0, 0.05) is 33.5 Å². The van der Waals surface area contributed by atoms with Crippen LogP contribution in [0.1, 0.15) is 47.9 Å². The number of hydrogen-bond donors (Lipinski definition) is 1. The standard InChI is InChI=1S/C20H34F2N4O2.H2/c1-4-17(27)23-16-5-8-25(14-20(16,21)22)18(28)11-24-9-6-19(7-10-24)12-26(13-19)15(2)3;/h15-16H,4-14H2,1-3H3,(H,23,27);1H. The fourth-order valence-corrected chi connectivity index (χ4v) is 4.60. The van der Waals surface area contributed by atoms with Crippen LogP contribution in [-0.2, 0) is 9.59 Å². The normalized spacial score (nSPS) is 27.6. The van der Waals surface area contributed by atoms with Crippen molar-refractivity contribution < 1.29 is 19.8 Å². The van der Waals surface area contributed by atoms with Gasteiger partial charge in [-0.25, -0.2) is 8.78 Å². The summed E-state index contributed by atoms with van der Waals surface area (Å²) in [5.41, 5.74) is 0.396. The maximum absolute atomic E-state index is 14.4. The van der Waals surface area contributed by atoms with Gasteiger partial charge in [-0.15, -0.1) is 0 Å². The van der Waals surface area contributed by atoms with Crippen LogP contribution in [0.2, 0.25) is 0 Å². The first-order chi connectivity index (χ1) is 13.1. The molecule has 3 aliphatic heterocycles. The minimum Gasteiger partial charge on any atom is -0.347 e.